The molecule has 1 N–H and O–H groups in total. The monoisotopic (exact) mass is 449 g/mol. The van der Waals surface area contributed by atoms with Crippen LogP contribution in [-0.2, 0) is 0 Å². The molecule has 2 aliphatic rings. The number of nitrogens with zero attached hydrogens (tertiary/aromatic N) is 2. The Morgan fingerprint density at radius 3 is 1.85 bits per heavy atom. The quantitative estimate of drug-likeness (QED) is 0.435. The minimum absolute atomic E-state index is 0.0551. The summed E-state index contributed by atoms with van der Waals surface area (Å²) in [4.78, 5) is 39.1. The molecule has 2 aliphatic carbocycles. The summed E-state index contributed by atoms with van der Waals surface area (Å²) in [6.45, 7) is 0. The van der Waals surface area contributed by atoms with Crippen molar-refractivity contribution < 1.29 is 14.5 Å². The predicted molar refractivity (Wildman–Crippen MR) is 127 cm³/mol. The van der Waals surface area contributed by atoms with E-state index in [0.717, 1.165) is 25.7 Å². The lowest BCUT2D eigenvalue weighted by Gasteiger charge is -2.42. The summed E-state index contributed by atoms with van der Waals surface area (Å²) in [7, 11) is 0. The van der Waals surface area contributed by atoms with Crippen LogP contribution in [-0.4, -0.2) is 33.7 Å². The Balaban J connectivity index is 1.50. The number of nitro groups is 1. The van der Waals surface area contributed by atoms with Gasteiger partial charge in [0.1, 0.15) is 5.69 Å². The maximum Gasteiger partial charge on any atom is 0.292 e. The number of amides is 2. The van der Waals surface area contributed by atoms with Crippen LogP contribution in [0.5, 0.6) is 0 Å². The number of para-hydroxylation sites is 2. The van der Waals surface area contributed by atoms with Gasteiger partial charge in [-0.1, -0.05) is 50.7 Å². The maximum absolute atomic E-state index is 13.6. The first kappa shape index (κ1) is 23.0. The van der Waals surface area contributed by atoms with Crippen molar-refractivity contribution in [3.63, 3.8) is 0 Å². The van der Waals surface area contributed by atoms with Crippen LogP contribution in [0.15, 0.2) is 48.5 Å². The zero-order valence-corrected chi connectivity index (χ0v) is 18.9. The van der Waals surface area contributed by atoms with Gasteiger partial charge < -0.3 is 10.2 Å². The first-order valence-electron chi connectivity index (χ1n) is 12.0. The van der Waals surface area contributed by atoms with E-state index in [-0.39, 0.29) is 17.3 Å². The number of hydrogen-bond acceptors (Lipinski definition) is 4. The predicted octanol–water partition coefficient (Wildman–Crippen LogP) is 5.95. The zero-order chi connectivity index (χ0) is 23.2. The van der Waals surface area contributed by atoms with E-state index < -0.39 is 10.8 Å². The summed E-state index contributed by atoms with van der Waals surface area (Å²) in [5.74, 6) is -0.390. The number of carbonyl (C=O) groups is 2. The highest BCUT2D eigenvalue weighted by atomic mass is 16.6. The Labute approximate surface area is 194 Å². The second kappa shape index (κ2) is 10.6. The van der Waals surface area contributed by atoms with E-state index in [0.29, 0.717) is 23.2 Å². The zero-order valence-electron chi connectivity index (χ0n) is 18.9. The fourth-order valence-corrected chi connectivity index (χ4v) is 5.19. The number of carbonyl (C=O) groups excluding carboxylic acids is 2. The average molecular weight is 450 g/mol. The minimum Gasteiger partial charge on any atom is -0.333 e. The molecule has 2 aromatic carbocycles. The van der Waals surface area contributed by atoms with Gasteiger partial charge in [0.15, 0.2) is 0 Å². The first-order valence-corrected chi connectivity index (χ1v) is 12.0. The molecule has 0 aromatic heterocycles. The van der Waals surface area contributed by atoms with E-state index in [4.69, 9.17) is 0 Å². The molecule has 2 aromatic rings. The normalized spacial score (nSPS) is 17.3. The fourth-order valence-electron chi connectivity index (χ4n) is 5.19. The summed E-state index contributed by atoms with van der Waals surface area (Å²) >= 11 is 0. The first-order chi connectivity index (χ1) is 16.0. The smallest absolute Gasteiger partial charge is 0.292 e. The van der Waals surface area contributed by atoms with Gasteiger partial charge in [0, 0.05) is 29.3 Å². The van der Waals surface area contributed by atoms with Crippen LogP contribution in [0.3, 0.4) is 0 Å². The van der Waals surface area contributed by atoms with Crippen molar-refractivity contribution in [2.24, 2.45) is 0 Å². The highest BCUT2D eigenvalue weighted by Gasteiger charge is 2.33. The molecule has 4 rings (SSSR count). The van der Waals surface area contributed by atoms with Crippen LogP contribution in [0.2, 0.25) is 0 Å². The molecule has 7 heteroatoms. The van der Waals surface area contributed by atoms with E-state index in [2.05, 4.69) is 10.2 Å². The number of anilines is 1. The van der Waals surface area contributed by atoms with Crippen LogP contribution in [0.1, 0.15) is 84.9 Å². The highest BCUT2D eigenvalue weighted by Crippen LogP contribution is 2.31. The van der Waals surface area contributed by atoms with Crippen molar-refractivity contribution in [2.45, 2.75) is 76.3 Å². The standard InChI is InChI=1S/C26H31N3O4/c30-25(27-23-13-7-8-14-24(23)29(32)33)19-15-17-20(18-16-19)26(31)28(21-9-3-1-4-10-21)22-11-5-2-6-12-22/h7-8,13-18,21-22H,1-6,9-12H2,(H,27,30). The maximum atomic E-state index is 13.6. The molecule has 7 nitrogen and oxygen atoms in total. The second-order valence-electron chi connectivity index (χ2n) is 9.10. The molecule has 0 atom stereocenters. The van der Waals surface area contributed by atoms with Gasteiger partial charge in [-0.3, -0.25) is 19.7 Å². The highest BCUT2D eigenvalue weighted by molar-refractivity contribution is 6.06. The van der Waals surface area contributed by atoms with E-state index in [1.807, 2.05) is 0 Å². The lowest BCUT2D eigenvalue weighted by atomic mass is 9.88. The lowest BCUT2D eigenvalue weighted by Crippen LogP contribution is -2.48. The summed E-state index contributed by atoms with van der Waals surface area (Å²) in [5.41, 5.74) is 0.932. The Hall–Kier alpha value is -3.22. The number of hydrogen-bond donors (Lipinski definition) is 1. The van der Waals surface area contributed by atoms with Crippen molar-refractivity contribution in [3.8, 4) is 0 Å². The lowest BCUT2D eigenvalue weighted by molar-refractivity contribution is -0.383. The average Bonchev–Trinajstić information content (AvgIpc) is 2.86. The number of benzene rings is 2. The topological polar surface area (TPSA) is 92.5 Å². The van der Waals surface area contributed by atoms with E-state index >= 15 is 0 Å². The van der Waals surface area contributed by atoms with Gasteiger partial charge in [0.25, 0.3) is 17.5 Å². The molecular formula is C26H31N3O4. The molecular weight excluding hydrogens is 418 g/mol. The molecule has 2 fully saturated rings. The Morgan fingerprint density at radius 2 is 1.30 bits per heavy atom. The molecule has 2 saturated carbocycles. The van der Waals surface area contributed by atoms with Gasteiger partial charge in [0.2, 0.25) is 0 Å². The van der Waals surface area contributed by atoms with E-state index in [9.17, 15) is 19.7 Å². The van der Waals surface area contributed by atoms with Crippen molar-refractivity contribution in [1.82, 2.24) is 4.90 Å². The van der Waals surface area contributed by atoms with Gasteiger partial charge in [-0.25, -0.2) is 0 Å². The van der Waals surface area contributed by atoms with Crippen molar-refractivity contribution in [1.29, 1.82) is 0 Å². The van der Waals surface area contributed by atoms with Crippen molar-refractivity contribution in [3.05, 3.63) is 69.8 Å². The molecule has 33 heavy (non-hydrogen) atoms. The third-order valence-corrected chi connectivity index (χ3v) is 6.91. The van der Waals surface area contributed by atoms with Crippen LogP contribution < -0.4 is 5.32 Å². The molecule has 0 aliphatic heterocycles. The summed E-state index contributed by atoms with van der Waals surface area (Å²) in [6.07, 6.45) is 11.4. The molecule has 0 saturated heterocycles. The molecule has 0 heterocycles. The molecule has 0 radical (unpaired) electrons. The Kier molecular flexibility index (Phi) is 7.37. The van der Waals surface area contributed by atoms with Gasteiger partial charge in [-0.05, 0) is 56.0 Å². The largest absolute Gasteiger partial charge is 0.333 e. The third kappa shape index (κ3) is 5.41. The SMILES string of the molecule is O=C(Nc1ccccc1[N+](=O)[O-])c1ccc(C(=O)N(C2CCCCC2)C2CCCCC2)cc1. The van der Waals surface area contributed by atoms with Crippen LogP contribution in [0, 0.1) is 10.1 Å². The minimum atomic E-state index is -0.525. The van der Waals surface area contributed by atoms with Gasteiger partial charge in [-0.15, -0.1) is 0 Å². The summed E-state index contributed by atoms with van der Waals surface area (Å²) < 4.78 is 0. The Morgan fingerprint density at radius 1 is 0.788 bits per heavy atom. The molecule has 2 amide bonds. The molecule has 0 bridgehead atoms. The van der Waals surface area contributed by atoms with Crippen LogP contribution in [0.4, 0.5) is 11.4 Å². The van der Waals surface area contributed by atoms with Crippen molar-refractivity contribution >= 4 is 23.2 Å². The van der Waals surface area contributed by atoms with Gasteiger partial charge >= 0.3 is 0 Å². The molecule has 174 valence electrons. The van der Waals surface area contributed by atoms with Crippen molar-refractivity contribution in [2.75, 3.05) is 5.32 Å². The number of nitro benzene ring substituents is 1. The van der Waals surface area contributed by atoms with Crippen LogP contribution in [0.25, 0.3) is 0 Å². The van der Waals surface area contributed by atoms with Crippen LogP contribution >= 0.6 is 0 Å². The molecule has 0 unspecified atom stereocenters. The molecule has 0 spiro atoms. The summed E-state index contributed by atoms with van der Waals surface area (Å²) in [5, 5.41) is 13.8. The third-order valence-electron chi connectivity index (χ3n) is 6.91. The summed E-state index contributed by atoms with van der Waals surface area (Å²) in [6, 6.07) is 13.3. The van der Waals surface area contributed by atoms with Gasteiger partial charge in [0.05, 0.1) is 4.92 Å². The van der Waals surface area contributed by atoms with E-state index in [1.54, 1.807) is 36.4 Å². The second-order valence-corrected chi connectivity index (χ2v) is 9.10. The Bertz CT molecular complexity index is 975. The fraction of sp³-hybridized carbons (Fsp3) is 0.462. The number of rotatable bonds is 6. The number of nitrogens with one attached hydrogen (secondary N) is 1. The van der Waals surface area contributed by atoms with E-state index in [1.165, 1.54) is 50.7 Å². The van der Waals surface area contributed by atoms with Gasteiger partial charge in [-0.2, -0.15) is 0 Å².